The number of aliphatic hydroxyl groups excluding tert-OH is 3. The average molecular weight is 791 g/mol. The number of ether oxygens (including phenoxy) is 5. The molecule has 1 aromatic rings. The average Bonchev–Trinajstić information content (AvgIpc) is 3.42. The van der Waals surface area contributed by atoms with Crippen molar-refractivity contribution in [2.24, 2.45) is 5.92 Å². The molecule has 2 unspecified atom stereocenters. The van der Waals surface area contributed by atoms with Crippen LogP contribution in [0, 0.1) is 5.92 Å². The Morgan fingerprint density at radius 1 is 0.962 bits per heavy atom. The van der Waals surface area contributed by atoms with Gasteiger partial charge in [0.2, 0.25) is 11.8 Å². The van der Waals surface area contributed by atoms with Crippen LogP contribution in [0.15, 0.2) is 30.3 Å². The molecule has 2 fully saturated rings. The van der Waals surface area contributed by atoms with Crippen molar-refractivity contribution in [1.29, 1.82) is 0 Å². The van der Waals surface area contributed by atoms with E-state index < -0.39 is 68.2 Å². The van der Waals surface area contributed by atoms with E-state index in [1.54, 1.807) is 0 Å². The summed E-state index contributed by atoms with van der Waals surface area (Å²) in [6.07, 6.45) is -0.341. The van der Waals surface area contributed by atoms with E-state index in [4.69, 9.17) is 44.5 Å². The Labute approximate surface area is 317 Å². The van der Waals surface area contributed by atoms with Crippen molar-refractivity contribution in [3.63, 3.8) is 0 Å². The van der Waals surface area contributed by atoms with E-state index >= 15 is 0 Å². The summed E-state index contributed by atoms with van der Waals surface area (Å²) >= 11 is 5.12. The first-order valence-electron chi connectivity index (χ1n) is 18.2. The number of amides is 2. The van der Waals surface area contributed by atoms with Crippen LogP contribution in [-0.2, 0) is 60.7 Å². The number of benzene rings is 1. The molecule has 300 valence electrons. The van der Waals surface area contributed by atoms with Crippen molar-refractivity contribution < 1.29 is 67.3 Å². The maximum Gasteiger partial charge on any atom is 0.508 e. The van der Waals surface area contributed by atoms with E-state index in [0.717, 1.165) is 44.1 Å². The first-order chi connectivity index (χ1) is 25.3. The minimum absolute atomic E-state index is 0.0706. The number of nitrogens with one attached hydrogen (secondary N) is 2. The van der Waals surface area contributed by atoms with Gasteiger partial charge in [-0.1, -0.05) is 56.0 Å². The van der Waals surface area contributed by atoms with Crippen LogP contribution in [0.25, 0.3) is 0 Å². The van der Waals surface area contributed by atoms with Gasteiger partial charge in [-0.2, -0.15) is 0 Å². The van der Waals surface area contributed by atoms with Gasteiger partial charge in [-0.25, -0.2) is 4.79 Å². The number of carbonyl (C=O) groups excluding carboxylic acids is 3. The highest BCUT2D eigenvalue weighted by Gasteiger charge is 2.46. The molecule has 2 amide bonds. The zero-order valence-corrected chi connectivity index (χ0v) is 32.4. The van der Waals surface area contributed by atoms with E-state index in [1.807, 2.05) is 38.2 Å². The smallest absolute Gasteiger partial charge is 0.431 e. The number of unbranched alkanes of at least 4 members (excludes halogenated alkanes) is 5. The van der Waals surface area contributed by atoms with Gasteiger partial charge in [0.25, 0.3) is 0 Å². The van der Waals surface area contributed by atoms with Gasteiger partial charge in [-0.3, -0.25) is 9.59 Å². The maximum absolute atomic E-state index is 12.3. The standard InChI is InChI=1S/C34H56BN2O14PS/c1-22(39)37-28-30(42)29(41)25(19-38)50-33(28)46-18-12-10-16-27(40)36-17-11-5-3-4-9-15-24-31(51-52(44,53)45-2)26(49-32(24)35)21-48-34(43)47-20-23-13-7-6-8-14-23/h6-8,13-14,24-26,28-33,38,41-42H,3-5,9-12,15-21,35H2,1-2H3,(H,36,40)(H,37,39)(H,44,53)/t24?,25-,26-,28-,29+,30-,31-,32-,33-,52?/m1/s1. The lowest BCUT2D eigenvalue weighted by Crippen LogP contribution is -2.64. The van der Waals surface area contributed by atoms with Crippen LogP contribution in [0.1, 0.15) is 70.3 Å². The predicted molar refractivity (Wildman–Crippen MR) is 198 cm³/mol. The molecule has 0 aromatic heterocycles. The lowest BCUT2D eigenvalue weighted by atomic mass is 9.81. The van der Waals surface area contributed by atoms with Crippen LogP contribution in [0.4, 0.5) is 4.79 Å². The maximum atomic E-state index is 12.3. The second kappa shape index (κ2) is 23.6. The molecule has 6 N–H and O–H groups in total. The Morgan fingerprint density at radius 2 is 1.68 bits per heavy atom. The molecule has 0 bridgehead atoms. The van der Waals surface area contributed by atoms with E-state index in [-0.39, 0.29) is 37.6 Å². The largest absolute Gasteiger partial charge is 0.508 e. The zero-order valence-electron chi connectivity index (χ0n) is 30.7. The SMILES string of the molecule is B[C@@H]1O[C@H](COC(=O)OCc2ccccc2)[C@H](OP(O)(=S)OC)C1CCCCCCCNC(=O)CCCCO[C@@H]1O[C@H](CO)[C@H](O)[C@H](O)[C@H]1NC(C)=O. The van der Waals surface area contributed by atoms with E-state index in [0.29, 0.717) is 25.8 Å². The van der Waals surface area contributed by atoms with Gasteiger partial charge in [0.1, 0.15) is 57.6 Å². The number of rotatable bonds is 23. The third kappa shape index (κ3) is 15.8. The van der Waals surface area contributed by atoms with Gasteiger partial charge >= 0.3 is 12.9 Å². The van der Waals surface area contributed by atoms with Crippen LogP contribution in [0.5, 0.6) is 0 Å². The molecule has 2 aliphatic heterocycles. The Hall–Kier alpha value is -2.22. The molecule has 0 saturated carbocycles. The highest BCUT2D eigenvalue weighted by Crippen LogP contribution is 2.48. The summed E-state index contributed by atoms with van der Waals surface area (Å²) in [6, 6.07) is 8.00. The van der Waals surface area contributed by atoms with Gasteiger partial charge in [0.05, 0.1) is 6.61 Å². The Bertz CT molecular complexity index is 1310. The van der Waals surface area contributed by atoms with Gasteiger partial charge in [-0.05, 0) is 43.1 Å². The summed E-state index contributed by atoms with van der Waals surface area (Å²) in [7, 11) is 3.20. The van der Waals surface area contributed by atoms with E-state index in [9.17, 15) is 34.6 Å². The molecular formula is C34H56BN2O14PS. The minimum Gasteiger partial charge on any atom is -0.431 e. The van der Waals surface area contributed by atoms with Crippen LogP contribution >= 0.6 is 6.72 Å². The summed E-state index contributed by atoms with van der Waals surface area (Å²) in [5.74, 6) is -0.609. The molecule has 0 radical (unpaired) electrons. The molecule has 3 rings (SSSR count). The molecule has 0 aliphatic carbocycles. The summed E-state index contributed by atoms with van der Waals surface area (Å²) in [4.78, 5) is 46.5. The number of hydrogen-bond donors (Lipinski definition) is 6. The molecule has 19 heteroatoms. The molecule has 0 spiro atoms. The molecule has 1 aromatic carbocycles. The topological polar surface area (TPSA) is 221 Å². The van der Waals surface area contributed by atoms with Gasteiger partial charge in [-0.15, -0.1) is 0 Å². The fourth-order valence-electron chi connectivity index (χ4n) is 6.33. The van der Waals surface area contributed by atoms with Crippen molar-refractivity contribution >= 4 is 44.3 Å². The number of hydrogen-bond acceptors (Lipinski definition) is 14. The summed E-state index contributed by atoms with van der Waals surface area (Å²) in [6.45, 7) is -2.08. The van der Waals surface area contributed by atoms with E-state index in [1.165, 1.54) is 14.0 Å². The molecule has 2 saturated heterocycles. The monoisotopic (exact) mass is 790 g/mol. The second-order valence-electron chi connectivity index (χ2n) is 13.3. The Balaban J connectivity index is 1.28. The van der Waals surface area contributed by atoms with Crippen LogP contribution in [-0.4, -0.2) is 128 Å². The zero-order chi connectivity index (χ0) is 38.8. The van der Waals surface area contributed by atoms with Crippen molar-refractivity contribution in [1.82, 2.24) is 10.6 Å². The first kappa shape index (κ1) is 45.2. The van der Waals surface area contributed by atoms with Crippen molar-refractivity contribution in [2.75, 3.05) is 33.5 Å². The van der Waals surface area contributed by atoms with Crippen LogP contribution < -0.4 is 10.6 Å². The van der Waals surface area contributed by atoms with Crippen molar-refractivity contribution in [3.8, 4) is 0 Å². The molecule has 16 nitrogen and oxygen atoms in total. The highest BCUT2D eigenvalue weighted by atomic mass is 32.5. The Morgan fingerprint density at radius 3 is 2.38 bits per heavy atom. The molecule has 53 heavy (non-hydrogen) atoms. The summed E-state index contributed by atoms with van der Waals surface area (Å²) in [5, 5.41) is 35.3. The van der Waals surface area contributed by atoms with Gasteiger partial charge < -0.3 is 63.6 Å². The predicted octanol–water partition coefficient (Wildman–Crippen LogP) is 1.15. The fourth-order valence-corrected chi connectivity index (χ4v) is 7.32. The number of carbonyl (C=O) groups is 3. The third-order valence-electron chi connectivity index (χ3n) is 9.20. The quantitative estimate of drug-likeness (QED) is 0.0396. The normalized spacial score (nSPS) is 28.2. The highest BCUT2D eigenvalue weighted by molar-refractivity contribution is 8.07. The van der Waals surface area contributed by atoms with Gasteiger partial charge in [0, 0.05) is 45.5 Å². The van der Waals surface area contributed by atoms with Crippen LogP contribution in [0.3, 0.4) is 0 Å². The Kier molecular flexibility index (Phi) is 20.2. The summed E-state index contributed by atoms with van der Waals surface area (Å²) < 4.78 is 38.7. The second-order valence-corrected chi connectivity index (χ2v) is 16.2. The molecular weight excluding hydrogens is 734 g/mol. The van der Waals surface area contributed by atoms with Gasteiger partial charge in [0.15, 0.2) is 6.29 Å². The lowest BCUT2D eigenvalue weighted by molar-refractivity contribution is -0.270. The third-order valence-corrected chi connectivity index (χ3v) is 10.9. The first-order valence-corrected chi connectivity index (χ1v) is 20.8. The van der Waals surface area contributed by atoms with Crippen molar-refractivity contribution in [2.45, 2.75) is 120 Å². The van der Waals surface area contributed by atoms with Crippen LogP contribution in [0.2, 0.25) is 0 Å². The summed E-state index contributed by atoms with van der Waals surface area (Å²) in [5.41, 5.74) is 0.828. The number of aliphatic hydroxyl groups is 3. The van der Waals surface area contributed by atoms with Crippen molar-refractivity contribution in [3.05, 3.63) is 35.9 Å². The minimum atomic E-state index is -3.52. The van der Waals surface area contributed by atoms with E-state index in [2.05, 4.69) is 10.6 Å². The fraction of sp³-hybridized carbons (Fsp3) is 0.735. The molecule has 2 aliphatic rings. The lowest BCUT2D eigenvalue weighted by Gasteiger charge is -2.42. The molecule has 10 atom stereocenters. The molecule has 2 heterocycles.